The lowest BCUT2D eigenvalue weighted by Crippen LogP contribution is -2.04. The zero-order valence-corrected chi connectivity index (χ0v) is 7.66. The molecule has 2 atom stereocenters. The van der Waals surface area contributed by atoms with Gasteiger partial charge in [-0.05, 0) is 24.8 Å². The molecule has 0 bridgehead atoms. The number of hydrogen-bond donors (Lipinski definition) is 0. The van der Waals surface area contributed by atoms with Crippen LogP contribution in [0.25, 0.3) is 0 Å². The minimum atomic E-state index is -0.458. The van der Waals surface area contributed by atoms with Gasteiger partial charge in [-0.3, -0.25) is 0 Å². The van der Waals surface area contributed by atoms with Crippen LogP contribution in [0.1, 0.15) is 31.7 Å². The van der Waals surface area contributed by atoms with Crippen LogP contribution in [-0.2, 0) is 5.11 Å². The van der Waals surface area contributed by atoms with E-state index in [4.69, 9.17) is 0 Å². The maximum atomic E-state index is 10.9. The molecule has 0 heterocycles. The van der Waals surface area contributed by atoms with Crippen molar-refractivity contribution in [2.24, 2.45) is 0 Å². The monoisotopic (exact) mass is 163 g/mol. The molecule has 12 heavy (non-hydrogen) atoms. The molecule has 0 fully saturated rings. The Bertz CT molecular complexity index is 216. The van der Waals surface area contributed by atoms with Gasteiger partial charge in [-0.2, -0.15) is 0 Å². The molecule has 1 rings (SSSR count). The van der Waals surface area contributed by atoms with E-state index >= 15 is 0 Å². The normalized spacial score (nSPS) is 15.6. The van der Waals surface area contributed by atoms with Crippen molar-refractivity contribution in [2.45, 2.75) is 32.3 Å². The van der Waals surface area contributed by atoms with Crippen LogP contribution in [0.2, 0.25) is 0 Å². The minimum Gasteiger partial charge on any atom is -0.233 e. The molecule has 1 heteroatoms. The molecule has 1 aromatic rings. The van der Waals surface area contributed by atoms with Crippen molar-refractivity contribution in [3.05, 3.63) is 35.9 Å². The Morgan fingerprint density at radius 1 is 1.17 bits per heavy atom. The molecule has 0 amide bonds. The Labute approximate surface area is 74.1 Å². The van der Waals surface area contributed by atoms with Crippen LogP contribution in [-0.4, -0.2) is 6.10 Å². The molecule has 0 N–H and O–H groups in total. The van der Waals surface area contributed by atoms with E-state index in [9.17, 15) is 5.11 Å². The molecule has 2 unspecified atom stereocenters. The maximum absolute atomic E-state index is 10.9. The fourth-order valence-electron chi connectivity index (χ4n) is 1.42. The van der Waals surface area contributed by atoms with Crippen molar-refractivity contribution in [2.75, 3.05) is 0 Å². The maximum Gasteiger partial charge on any atom is 0.0907 e. The van der Waals surface area contributed by atoms with Crippen LogP contribution in [0.5, 0.6) is 0 Å². The second-order valence-electron chi connectivity index (χ2n) is 3.36. The van der Waals surface area contributed by atoms with E-state index in [1.165, 1.54) is 5.56 Å². The van der Waals surface area contributed by atoms with E-state index in [-0.39, 0.29) is 0 Å². The van der Waals surface area contributed by atoms with Crippen molar-refractivity contribution >= 4 is 0 Å². The van der Waals surface area contributed by atoms with Crippen molar-refractivity contribution < 1.29 is 5.11 Å². The summed E-state index contributed by atoms with van der Waals surface area (Å²) in [7, 11) is 0. The summed E-state index contributed by atoms with van der Waals surface area (Å²) < 4.78 is 0. The second-order valence-corrected chi connectivity index (χ2v) is 3.36. The summed E-state index contributed by atoms with van der Waals surface area (Å²) in [6.45, 7) is 3.82. The zero-order valence-electron chi connectivity index (χ0n) is 7.66. The first kappa shape index (κ1) is 9.27. The zero-order chi connectivity index (χ0) is 8.97. The molecule has 1 radical (unpaired) electrons. The van der Waals surface area contributed by atoms with Crippen molar-refractivity contribution in [1.82, 2.24) is 0 Å². The third-order valence-corrected chi connectivity index (χ3v) is 2.05. The van der Waals surface area contributed by atoms with Gasteiger partial charge in [0.25, 0.3) is 0 Å². The molecule has 0 aliphatic carbocycles. The predicted octanol–water partition coefficient (Wildman–Crippen LogP) is 3.00. The van der Waals surface area contributed by atoms with E-state index in [1.54, 1.807) is 6.92 Å². The second kappa shape index (κ2) is 4.27. The lowest BCUT2D eigenvalue weighted by molar-refractivity contribution is 0.0923. The summed E-state index contributed by atoms with van der Waals surface area (Å²) in [5, 5.41) is 10.9. The Morgan fingerprint density at radius 2 is 1.75 bits per heavy atom. The van der Waals surface area contributed by atoms with E-state index < -0.39 is 6.10 Å². The summed E-state index contributed by atoms with van der Waals surface area (Å²) in [6.07, 6.45) is 0.268. The Kier molecular flexibility index (Phi) is 3.30. The molecule has 0 aromatic heterocycles. The Morgan fingerprint density at radius 3 is 2.25 bits per heavy atom. The highest BCUT2D eigenvalue weighted by Crippen LogP contribution is 2.19. The lowest BCUT2D eigenvalue weighted by atomic mass is 9.96. The van der Waals surface area contributed by atoms with Crippen LogP contribution in [0.3, 0.4) is 0 Å². The smallest absolute Gasteiger partial charge is 0.0907 e. The van der Waals surface area contributed by atoms with Gasteiger partial charge in [0.2, 0.25) is 0 Å². The van der Waals surface area contributed by atoms with Crippen LogP contribution in [0.15, 0.2) is 30.3 Å². The van der Waals surface area contributed by atoms with E-state index in [1.807, 2.05) is 18.2 Å². The standard InChI is InChI=1S/C11H15O/c1-9(8-10(2)12)11-6-4-3-5-7-11/h3-7,9-10H,8H2,1-2H3. The van der Waals surface area contributed by atoms with Crippen LogP contribution in [0.4, 0.5) is 0 Å². The highest BCUT2D eigenvalue weighted by Gasteiger charge is 2.08. The predicted molar refractivity (Wildman–Crippen MR) is 49.6 cm³/mol. The molecular formula is C11H15O. The highest BCUT2D eigenvalue weighted by atomic mass is 16.3. The van der Waals surface area contributed by atoms with Gasteiger partial charge in [-0.1, -0.05) is 37.3 Å². The molecule has 0 aliphatic rings. The van der Waals surface area contributed by atoms with Gasteiger partial charge in [0.1, 0.15) is 0 Å². The highest BCUT2D eigenvalue weighted by molar-refractivity contribution is 5.18. The molecule has 0 aliphatic heterocycles. The van der Waals surface area contributed by atoms with E-state index in [0.29, 0.717) is 5.92 Å². The van der Waals surface area contributed by atoms with E-state index in [2.05, 4.69) is 19.1 Å². The quantitative estimate of drug-likeness (QED) is 0.652. The van der Waals surface area contributed by atoms with Gasteiger partial charge < -0.3 is 0 Å². The van der Waals surface area contributed by atoms with Crippen LogP contribution in [0, 0.1) is 0 Å². The minimum absolute atomic E-state index is 0.388. The molecule has 65 valence electrons. The SMILES string of the molecule is CC([O])CC(C)c1ccccc1. The third-order valence-electron chi connectivity index (χ3n) is 2.05. The number of rotatable bonds is 3. The van der Waals surface area contributed by atoms with Gasteiger partial charge in [0.05, 0.1) is 6.10 Å². The molecule has 1 aromatic carbocycles. The van der Waals surface area contributed by atoms with Gasteiger partial charge in [-0.25, -0.2) is 5.11 Å². The largest absolute Gasteiger partial charge is 0.233 e. The van der Waals surface area contributed by atoms with Crippen molar-refractivity contribution in [3.8, 4) is 0 Å². The summed E-state index contributed by atoms with van der Waals surface area (Å²) in [6, 6.07) is 10.2. The molecule has 0 saturated carbocycles. The van der Waals surface area contributed by atoms with Crippen molar-refractivity contribution in [1.29, 1.82) is 0 Å². The molecular weight excluding hydrogens is 148 g/mol. The average molecular weight is 163 g/mol. The van der Waals surface area contributed by atoms with Gasteiger partial charge in [-0.15, -0.1) is 0 Å². The van der Waals surface area contributed by atoms with Gasteiger partial charge in [0.15, 0.2) is 0 Å². The van der Waals surface area contributed by atoms with Crippen molar-refractivity contribution in [3.63, 3.8) is 0 Å². The average Bonchev–Trinajstić information content (AvgIpc) is 2.05. The summed E-state index contributed by atoms with van der Waals surface area (Å²) >= 11 is 0. The fraction of sp³-hybridized carbons (Fsp3) is 0.455. The third kappa shape index (κ3) is 2.67. The molecule has 0 saturated heterocycles. The number of hydrogen-bond acceptors (Lipinski definition) is 0. The van der Waals surface area contributed by atoms with Gasteiger partial charge >= 0.3 is 0 Å². The topological polar surface area (TPSA) is 19.9 Å². The fourth-order valence-corrected chi connectivity index (χ4v) is 1.42. The molecule has 0 spiro atoms. The Balaban J connectivity index is 2.59. The first-order chi connectivity index (χ1) is 5.70. The summed E-state index contributed by atoms with van der Waals surface area (Å²) in [5.74, 6) is 0.388. The first-order valence-corrected chi connectivity index (χ1v) is 4.41. The van der Waals surface area contributed by atoms with Gasteiger partial charge in [0, 0.05) is 0 Å². The lowest BCUT2D eigenvalue weighted by Gasteiger charge is -2.11. The van der Waals surface area contributed by atoms with Crippen LogP contribution >= 0.6 is 0 Å². The van der Waals surface area contributed by atoms with E-state index in [0.717, 1.165) is 6.42 Å². The van der Waals surface area contributed by atoms with Crippen LogP contribution < -0.4 is 0 Å². The summed E-state index contributed by atoms with van der Waals surface area (Å²) in [4.78, 5) is 0. The Hall–Kier alpha value is -0.820. The summed E-state index contributed by atoms with van der Waals surface area (Å²) in [5.41, 5.74) is 1.26. The molecule has 1 nitrogen and oxygen atoms in total. The first-order valence-electron chi connectivity index (χ1n) is 4.41. The number of benzene rings is 1.